The fraction of sp³-hybridized carbons (Fsp3) is 0.611. The Morgan fingerprint density at radius 1 is 1.14 bits per heavy atom. The fourth-order valence-corrected chi connectivity index (χ4v) is 7.39. The number of carbonyl (C=O) groups is 4. The van der Waals surface area contributed by atoms with Crippen LogP contribution < -0.4 is 20.7 Å². The second-order valence-electron chi connectivity index (χ2n) is 14.3. The lowest BCUT2D eigenvalue weighted by molar-refractivity contribution is -0.157. The zero-order chi connectivity index (χ0) is 36.7. The van der Waals surface area contributed by atoms with E-state index in [0.29, 0.717) is 17.9 Å². The smallest absolute Gasteiger partial charge is 0.409 e. The molecule has 1 aromatic carbocycles. The Morgan fingerprint density at radius 2 is 1.84 bits per heavy atom. The first kappa shape index (κ1) is 37.6. The van der Waals surface area contributed by atoms with Gasteiger partial charge in [-0.25, -0.2) is 9.59 Å². The van der Waals surface area contributed by atoms with E-state index in [1.807, 2.05) is 26.8 Å². The summed E-state index contributed by atoms with van der Waals surface area (Å²) in [4.78, 5) is 52.7. The Morgan fingerprint density at radius 3 is 2.48 bits per heavy atom. The van der Waals surface area contributed by atoms with Crippen molar-refractivity contribution in [2.24, 2.45) is 23.7 Å². The molecule has 1 unspecified atom stereocenters. The number of anilines is 1. The molecule has 14 heteroatoms. The van der Waals surface area contributed by atoms with Crippen molar-refractivity contribution >= 4 is 41.2 Å². The quantitative estimate of drug-likeness (QED) is 0.248. The van der Waals surface area contributed by atoms with Crippen LogP contribution in [-0.2, 0) is 39.8 Å². The Bertz CT molecular complexity index is 1570. The summed E-state index contributed by atoms with van der Waals surface area (Å²) in [7, 11) is 2.91. The number of nitrogens with one attached hydrogen (secondary N) is 3. The van der Waals surface area contributed by atoms with Crippen LogP contribution in [0.2, 0.25) is 5.02 Å². The average molecular weight is 718 g/mol. The molecular formula is C36H48ClN3O10. The number of carbonyl (C=O) groups excluding carboxylic acids is 4. The van der Waals surface area contributed by atoms with Gasteiger partial charge in [-0.1, -0.05) is 56.2 Å². The molecule has 3 heterocycles. The maximum Gasteiger partial charge on any atom is 0.409 e. The van der Waals surface area contributed by atoms with Crippen molar-refractivity contribution in [3.05, 3.63) is 46.5 Å². The molecule has 0 radical (unpaired) electrons. The number of rotatable bonds is 6. The van der Waals surface area contributed by atoms with Gasteiger partial charge in [-0.05, 0) is 56.7 Å². The van der Waals surface area contributed by atoms with Gasteiger partial charge in [0.15, 0.2) is 5.72 Å². The van der Waals surface area contributed by atoms with Gasteiger partial charge in [0.25, 0.3) is 0 Å². The number of allylic oxidation sites excluding steroid dienone is 3. The zero-order valence-electron chi connectivity index (χ0n) is 29.7. The van der Waals surface area contributed by atoms with Crippen LogP contribution in [0, 0.1) is 23.7 Å². The van der Waals surface area contributed by atoms with Gasteiger partial charge in [-0.3, -0.25) is 14.9 Å². The Labute approximate surface area is 297 Å². The Hall–Kier alpha value is -3.65. The minimum absolute atomic E-state index is 0.0441. The summed E-state index contributed by atoms with van der Waals surface area (Å²) in [5, 5.41) is 20.0. The van der Waals surface area contributed by atoms with E-state index in [1.54, 1.807) is 38.1 Å². The second kappa shape index (κ2) is 14.5. The third-order valence-electron chi connectivity index (χ3n) is 10.6. The lowest BCUT2D eigenvalue weighted by Crippen LogP contribution is -2.63. The SMILES string of the molecule is COc1cc2cc(c1Cl)NC(=O)C[C@@H](OC(=O)[C@H](C)NC(=O)C1[C@@H](C)[C@H]1C)[C@]1(C)O[C@H]1[C@H](C)[C@@H]1C[C@@](O)(NC(=O)O1)[C@H](OC)/C=C/C=C(\C)C2. The van der Waals surface area contributed by atoms with Crippen LogP contribution in [0.15, 0.2) is 35.9 Å². The number of amides is 3. The summed E-state index contributed by atoms with van der Waals surface area (Å²) < 4.78 is 28.9. The van der Waals surface area contributed by atoms with Gasteiger partial charge in [-0.15, -0.1) is 0 Å². The zero-order valence-corrected chi connectivity index (χ0v) is 30.5. The monoisotopic (exact) mass is 717 g/mol. The summed E-state index contributed by atoms with van der Waals surface area (Å²) in [6.07, 6.45) is 0.964. The lowest BCUT2D eigenvalue weighted by atomic mass is 9.83. The highest BCUT2D eigenvalue weighted by Crippen LogP contribution is 2.49. The van der Waals surface area contributed by atoms with Gasteiger partial charge in [0, 0.05) is 25.4 Å². The number of esters is 1. The Kier molecular flexibility index (Phi) is 10.9. The molecule has 0 aromatic heterocycles. The third kappa shape index (κ3) is 7.80. The van der Waals surface area contributed by atoms with Gasteiger partial charge in [0.05, 0.1) is 25.3 Å². The fourth-order valence-electron chi connectivity index (χ4n) is 7.16. The number of ether oxygens (including phenoxy) is 5. The van der Waals surface area contributed by atoms with Crippen molar-refractivity contribution in [2.45, 2.75) is 103 Å². The van der Waals surface area contributed by atoms with Crippen molar-refractivity contribution in [2.75, 3.05) is 19.5 Å². The maximum atomic E-state index is 13.7. The lowest BCUT2D eigenvalue weighted by Gasteiger charge is -2.42. The number of hydrogen-bond donors (Lipinski definition) is 4. The number of epoxide rings is 1. The first-order chi connectivity index (χ1) is 23.5. The maximum absolute atomic E-state index is 13.7. The molecule has 1 aliphatic carbocycles. The van der Waals surface area contributed by atoms with Crippen LogP contribution in [0.4, 0.5) is 10.5 Å². The normalized spacial score (nSPS) is 37.7. The standard InChI is InChI=1S/C36H48ClN3O10/c1-17-10-9-11-26(47-8)36(45)16-25(48-34(44)40-36)20(4)31-35(6,50-31)27(49-33(43)21(5)38-32(42)29-18(2)19(29)3)15-28(41)39-23-13-22(12-17)14-24(46-7)30(23)37/h9-11,13-14,18-21,25-27,29,31,45H,12,15-16H2,1-8H3,(H,38,42)(H,39,41)(H,40,44)/b11-9+,17-10+/t18-,19+,20-,21+,25+,26-,27-,29?,31+,35+,36+/m1/s1. The van der Waals surface area contributed by atoms with Crippen molar-refractivity contribution in [1.82, 2.24) is 10.6 Å². The molecule has 1 aromatic rings. The Balaban J connectivity index is 1.48. The highest BCUT2D eigenvalue weighted by atomic mass is 35.5. The number of alkyl carbamates (subject to hydrolysis) is 1. The molecule has 50 heavy (non-hydrogen) atoms. The predicted octanol–water partition coefficient (Wildman–Crippen LogP) is 4.05. The molecule has 5 rings (SSSR count). The van der Waals surface area contributed by atoms with Gasteiger partial charge in [-0.2, -0.15) is 0 Å². The number of fused-ring (bicyclic) bond motifs is 5. The van der Waals surface area contributed by atoms with Gasteiger partial charge in [0.2, 0.25) is 11.8 Å². The van der Waals surface area contributed by atoms with Crippen LogP contribution in [0.1, 0.15) is 59.9 Å². The topological polar surface area (TPSA) is 174 Å². The molecule has 274 valence electrons. The number of hydrogen-bond acceptors (Lipinski definition) is 10. The molecule has 3 fully saturated rings. The van der Waals surface area contributed by atoms with Crippen molar-refractivity contribution in [1.29, 1.82) is 0 Å². The van der Waals surface area contributed by atoms with Crippen LogP contribution in [0.5, 0.6) is 5.75 Å². The molecule has 3 aliphatic heterocycles. The van der Waals surface area contributed by atoms with Crippen LogP contribution in [0.25, 0.3) is 0 Å². The molecule has 2 saturated heterocycles. The van der Waals surface area contributed by atoms with E-state index in [4.69, 9.17) is 35.3 Å². The highest BCUT2D eigenvalue weighted by Gasteiger charge is 2.64. The van der Waals surface area contributed by atoms with E-state index < -0.39 is 65.7 Å². The minimum Gasteiger partial charge on any atom is -0.495 e. The van der Waals surface area contributed by atoms with Crippen LogP contribution in [-0.4, -0.2) is 85.0 Å². The number of benzene rings is 1. The molecule has 4 aliphatic rings. The molecule has 3 amide bonds. The first-order valence-electron chi connectivity index (χ1n) is 16.9. The summed E-state index contributed by atoms with van der Waals surface area (Å²) >= 11 is 6.63. The van der Waals surface area contributed by atoms with E-state index >= 15 is 0 Å². The molecule has 4 bridgehead atoms. The summed E-state index contributed by atoms with van der Waals surface area (Å²) in [6.45, 7) is 10.9. The van der Waals surface area contributed by atoms with Gasteiger partial charge >= 0.3 is 12.1 Å². The van der Waals surface area contributed by atoms with E-state index in [-0.39, 0.29) is 41.5 Å². The largest absolute Gasteiger partial charge is 0.495 e. The van der Waals surface area contributed by atoms with Crippen molar-refractivity contribution < 1.29 is 48.0 Å². The number of halogens is 1. The summed E-state index contributed by atoms with van der Waals surface area (Å²) in [5.74, 6) is -1.38. The molecule has 11 atom stereocenters. The average Bonchev–Trinajstić information content (AvgIpc) is 3.91. The number of methoxy groups -OCH3 is 2. The van der Waals surface area contributed by atoms with Crippen LogP contribution in [0.3, 0.4) is 0 Å². The molecular weight excluding hydrogens is 670 g/mol. The summed E-state index contributed by atoms with van der Waals surface area (Å²) in [5.41, 5.74) is -0.982. The second-order valence-corrected chi connectivity index (χ2v) is 14.7. The molecule has 4 N–H and O–H groups in total. The van der Waals surface area contributed by atoms with Gasteiger partial charge < -0.3 is 39.4 Å². The molecule has 13 nitrogen and oxygen atoms in total. The van der Waals surface area contributed by atoms with E-state index in [1.165, 1.54) is 21.1 Å². The van der Waals surface area contributed by atoms with E-state index in [0.717, 1.165) is 11.1 Å². The third-order valence-corrected chi connectivity index (χ3v) is 11.0. The first-order valence-corrected chi connectivity index (χ1v) is 17.3. The minimum atomic E-state index is -1.82. The van der Waals surface area contributed by atoms with Crippen LogP contribution >= 0.6 is 11.6 Å². The summed E-state index contributed by atoms with van der Waals surface area (Å²) in [6, 6.07) is 2.52. The van der Waals surface area contributed by atoms with E-state index in [9.17, 15) is 24.3 Å². The number of aliphatic hydroxyl groups is 1. The van der Waals surface area contributed by atoms with E-state index in [2.05, 4.69) is 16.0 Å². The molecule has 1 saturated carbocycles. The predicted molar refractivity (Wildman–Crippen MR) is 183 cm³/mol. The van der Waals surface area contributed by atoms with Gasteiger partial charge in [0.1, 0.15) is 40.7 Å². The highest BCUT2D eigenvalue weighted by molar-refractivity contribution is 6.35. The van der Waals surface area contributed by atoms with Crippen molar-refractivity contribution in [3.63, 3.8) is 0 Å². The van der Waals surface area contributed by atoms with Crippen molar-refractivity contribution in [3.8, 4) is 5.75 Å². The molecule has 0 spiro atoms.